The third-order valence-corrected chi connectivity index (χ3v) is 4.17. The second kappa shape index (κ2) is 7.77. The van der Waals surface area contributed by atoms with Crippen LogP contribution in [0.25, 0.3) is 0 Å². The molecule has 0 saturated carbocycles. The molecule has 0 atom stereocenters. The van der Waals surface area contributed by atoms with E-state index in [1.807, 2.05) is 11.0 Å². The van der Waals surface area contributed by atoms with Gasteiger partial charge in [0.25, 0.3) is 0 Å². The predicted molar refractivity (Wildman–Crippen MR) is 91.9 cm³/mol. The summed E-state index contributed by atoms with van der Waals surface area (Å²) in [5.41, 5.74) is 2.62. The van der Waals surface area contributed by atoms with Crippen LogP contribution in [0.1, 0.15) is 24.0 Å². The quantitative estimate of drug-likeness (QED) is 0.825. The number of amides is 1. The summed E-state index contributed by atoms with van der Waals surface area (Å²) in [6, 6.07) is 10.0. The summed E-state index contributed by atoms with van der Waals surface area (Å²) in [6.45, 7) is 2.19. The Balaban J connectivity index is 1.43. The fraction of sp³-hybridized carbons (Fsp3) is 0.389. The van der Waals surface area contributed by atoms with E-state index in [1.165, 1.54) is 11.1 Å². The van der Waals surface area contributed by atoms with Crippen LogP contribution in [-0.2, 0) is 17.8 Å². The first-order valence-electron chi connectivity index (χ1n) is 8.22. The molecule has 126 valence electrons. The van der Waals surface area contributed by atoms with Gasteiger partial charge in [-0.3, -0.25) is 4.79 Å². The first-order valence-corrected chi connectivity index (χ1v) is 8.22. The van der Waals surface area contributed by atoms with Crippen molar-refractivity contribution in [1.29, 1.82) is 0 Å². The smallest absolute Gasteiger partial charge is 0.225 e. The maximum absolute atomic E-state index is 12.4. The number of aromatic nitrogens is 2. The SMILES string of the molecule is COc1ccnc(NCCCC(=O)N2CCc3ccccc3C2)n1. The number of hydrogen-bond acceptors (Lipinski definition) is 5. The molecule has 1 aromatic heterocycles. The lowest BCUT2D eigenvalue weighted by Gasteiger charge is -2.29. The second-order valence-electron chi connectivity index (χ2n) is 5.79. The van der Waals surface area contributed by atoms with Crippen LogP contribution < -0.4 is 10.1 Å². The van der Waals surface area contributed by atoms with E-state index in [0.29, 0.717) is 24.8 Å². The molecule has 24 heavy (non-hydrogen) atoms. The first-order chi connectivity index (χ1) is 11.8. The zero-order valence-electron chi connectivity index (χ0n) is 13.9. The minimum absolute atomic E-state index is 0.206. The van der Waals surface area contributed by atoms with Crippen molar-refractivity contribution in [2.45, 2.75) is 25.8 Å². The second-order valence-corrected chi connectivity index (χ2v) is 5.79. The van der Waals surface area contributed by atoms with E-state index in [-0.39, 0.29) is 5.91 Å². The van der Waals surface area contributed by atoms with E-state index in [0.717, 1.165) is 25.9 Å². The average molecular weight is 326 g/mol. The topological polar surface area (TPSA) is 67.3 Å². The third-order valence-electron chi connectivity index (χ3n) is 4.17. The number of ether oxygens (including phenoxy) is 1. The van der Waals surface area contributed by atoms with Crippen LogP contribution in [0.2, 0.25) is 0 Å². The molecule has 1 aromatic carbocycles. The molecule has 0 bridgehead atoms. The van der Waals surface area contributed by atoms with Crippen molar-refractivity contribution in [3.63, 3.8) is 0 Å². The van der Waals surface area contributed by atoms with Crippen LogP contribution in [0, 0.1) is 0 Å². The molecular formula is C18H22N4O2. The number of fused-ring (bicyclic) bond motifs is 1. The summed E-state index contributed by atoms with van der Waals surface area (Å²) in [6.07, 6.45) is 3.86. The highest BCUT2D eigenvalue weighted by molar-refractivity contribution is 5.76. The Hall–Kier alpha value is -2.63. The van der Waals surface area contributed by atoms with E-state index < -0.39 is 0 Å². The van der Waals surface area contributed by atoms with E-state index in [4.69, 9.17) is 4.74 Å². The van der Waals surface area contributed by atoms with Gasteiger partial charge in [-0.05, 0) is 24.0 Å². The number of anilines is 1. The van der Waals surface area contributed by atoms with Crippen LogP contribution in [0.15, 0.2) is 36.5 Å². The number of carbonyl (C=O) groups excluding carboxylic acids is 1. The Labute approximate surface area is 141 Å². The van der Waals surface area contributed by atoms with Crippen LogP contribution in [0.4, 0.5) is 5.95 Å². The van der Waals surface area contributed by atoms with Gasteiger partial charge in [0.05, 0.1) is 7.11 Å². The Morgan fingerprint density at radius 2 is 2.12 bits per heavy atom. The number of carbonyl (C=O) groups is 1. The zero-order chi connectivity index (χ0) is 16.8. The summed E-state index contributed by atoms with van der Waals surface area (Å²) in [4.78, 5) is 22.6. The molecule has 0 aliphatic carbocycles. The van der Waals surface area contributed by atoms with Crippen molar-refractivity contribution in [2.75, 3.05) is 25.5 Å². The molecule has 1 aliphatic heterocycles. The zero-order valence-corrected chi connectivity index (χ0v) is 13.9. The van der Waals surface area contributed by atoms with Gasteiger partial charge in [0.2, 0.25) is 17.7 Å². The number of rotatable bonds is 6. The van der Waals surface area contributed by atoms with Gasteiger partial charge in [-0.15, -0.1) is 0 Å². The van der Waals surface area contributed by atoms with E-state index in [9.17, 15) is 4.79 Å². The van der Waals surface area contributed by atoms with Gasteiger partial charge in [-0.2, -0.15) is 4.98 Å². The molecule has 0 saturated heterocycles. The van der Waals surface area contributed by atoms with Crippen LogP contribution in [-0.4, -0.2) is 41.0 Å². The number of nitrogens with zero attached hydrogens (tertiary/aromatic N) is 3. The molecule has 0 unspecified atom stereocenters. The first kappa shape index (κ1) is 16.2. The van der Waals surface area contributed by atoms with Gasteiger partial charge in [0.15, 0.2) is 0 Å². The predicted octanol–water partition coefficient (Wildman–Crippen LogP) is 2.26. The minimum atomic E-state index is 0.206. The molecule has 3 rings (SSSR count). The van der Waals surface area contributed by atoms with Gasteiger partial charge in [0.1, 0.15) is 0 Å². The summed E-state index contributed by atoms with van der Waals surface area (Å²) < 4.78 is 5.06. The fourth-order valence-electron chi connectivity index (χ4n) is 2.85. The molecule has 0 fully saturated rings. The van der Waals surface area contributed by atoms with Gasteiger partial charge in [-0.1, -0.05) is 24.3 Å². The third kappa shape index (κ3) is 4.01. The summed E-state index contributed by atoms with van der Waals surface area (Å²) in [5.74, 6) is 1.25. The van der Waals surface area contributed by atoms with Gasteiger partial charge in [0, 0.05) is 38.3 Å². The number of benzene rings is 1. The molecule has 6 heteroatoms. The maximum atomic E-state index is 12.4. The fourth-order valence-corrected chi connectivity index (χ4v) is 2.85. The molecule has 1 N–H and O–H groups in total. The number of nitrogens with one attached hydrogen (secondary N) is 1. The van der Waals surface area contributed by atoms with E-state index in [2.05, 4.69) is 33.5 Å². The monoisotopic (exact) mass is 326 g/mol. The Kier molecular flexibility index (Phi) is 5.25. The Morgan fingerprint density at radius 1 is 1.29 bits per heavy atom. The summed E-state index contributed by atoms with van der Waals surface area (Å²) in [5, 5.41) is 3.12. The summed E-state index contributed by atoms with van der Waals surface area (Å²) >= 11 is 0. The molecule has 0 spiro atoms. The van der Waals surface area contributed by atoms with Crippen LogP contribution in [0.3, 0.4) is 0 Å². The summed E-state index contributed by atoms with van der Waals surface area (Å²) in [7, 11) is 1.57. The highest BCUT2D eigenvalue weighted by atomic mass is 16.5. The van der Waals surface area contributed by atoms with Crippen molar-refractivity contribution in [3.05, 3.63) is 47.7 Å². The minimum Gasteiger partial charge on any atom is -0.481 e. The maximum Gasteiger partial charge on any atom is 0.225 e. The Bertz CT molecular complexity index is 705. The molecule has 2 aromatic rings. The Morgan fingerprint density at radius 3 is 2.96 bits per heavy atom. The standard InChI is InChI=1S/C18H22N4O2/c1-24-16-8-11-20-18(21-16)19-10-4-7-17(23)22-12-9-14-5-2-3-6-15(14)13-22/h2-3,5-6,8,11H,4,7,9-10,12-13H2,1H3,(H,19,20,21). The molecule has 1 amide bonds. The molecule has 6 nitrogen and oxygen atoms in total. The van der Waals surface area contributed by atoms with Crippen molar-refractivity contribution in [2.24, 2.45) is 0 Å². The van der Waals surface area contributed by atoms with E-state index in [1.54, 1.807) is 19.4 Å². The lowest BCUT2D eigenvalue weighted by atomic mass is 9.99. The van der Waals surface area contributed by atoms with Crippen molar-refractivity contribution in [1.82, 2.24) is 14.9 Å². The lowest BCUT2D eigenvalue weighted by Crippen LogP contribution is -2.36. The molecule has 2 heterocycles. The highest BCUT2D eigenvalue weighted by Crippen LogP contribution is 2.19. The normalized spacial score (nSPS) is 13.3. The average Bonchev–Trinajstić information content (AvgIpc) is 2.64. The largest absolute Gasteiger partial charge is 0.481 e. The number of hydrogen-bond donors (Lipinski definition) is 1. The van der Waals surface area contributed by atoms with Gasteiger partial charge < -0.3 is 15.0 Å². The molecule has 1 aliphatic rings. The van der Waals surface area contributed by atoms with Crippen molar-refractivity contribution >= 4 is 11.9 Å². The van der Waals surface area contributed by atoms with Crippen LogP contribution in [0.5, 0.6) is 5.88 Å². The molecular weight excluding hydrogens is 304 g/mol. The lowest BCUT2D eigenvalue weighted by molar-refractivity contribution is -0.132. The highest BCUT2D eigenvalue weighted by Gasteiger charge is 2.19. The van der Waals surface area contributed by atoms with Gasteiger partial charge in [-0.25, -0.2) is 4.98 Å². The number of methoxy groups -OCH3 is 1. The van der Waals surface area contributed by atoms with Crippen molar-refractivity contribution in [3.8, 4) is 5.88 Å². The van der Waals surface area contributed by atoms with Crippen LogP contribution >= 0.6 is 0 Å². The van der Waals surface area contributed by atoms with Crippen molar-refractivity contribution < 1.29 is 9.53 Å². The van der Waals surface area contributed by atoms with E-state index >= 15 is 0 Å². The molecule has 0 radical (unpaired) electrons. The van der Waals surface area contributed by atoms with Gasteiger partial charge >= 0.3 is 0 Å².